The molecule has 0 aliphatic carbocycles. The fraction of sp³-hybridized carbons (Fsp3) is 0.500. The molecule has 1 aromatic carbocycles. The first kappa shape index (κ1) is 14.7. The van der Waals surface area contributed by atoms with E-state index in [0.717, 1.165) is 0 Å². The Morgan fingerprint density at radius 2 is 2.25 bits per heavy atom. The number of alkyl halides is 1. The third kappa shape index (κ3) is 3.25. The van der Waals surface area contributed by atoms with Crippen molar-refractivity contribution in [1.29, 1.82) is 0 Å². The number of rotatable bonds is 5. The standard InChI is InChI=1S/C14H18F2N2O2/c1-18(13(19)14(16)6-7-17-10-14)8-9-20-12-5-3-2-4-11(12)15/h2-5,17H,6-10H2,1H3/t14-/m1/s1. The van der Waals surface area contributed by atoms with Crippen molar-refractivity contribution in [2.24, 2.45) is 0 Å². The molecule has 1 aliphatic rings. The fourth-order valence-electron chi connectivity index (χ4n) is 2.14. The summed E-state index contributed by atoms with van der Waals surface area (Å²) in [6.45, 7) is 0.873. The highest BCUT2D eigenvalue weighted by Crippen LogP contribution is 2.22. The first-order valence-corrected chi connectivity index (χ1v) is 6.55. The molecule has 1 N–H and O–H groups in total. The van der Waals surface area contributed by atoms with Gasteiger partial charge in [-0.15, -0.1) is 0 Å². The maximum Gasteiger partial charge on any atom is 0.261 e. The third-order valence-electron chi connectivity index (χ3n) is 3.35. The molecule has 1 amide bonds. The van der Waals surface area contributed by atoms with Gasteiger partial charge in [0, 0.05) is 20.0 Å². The van der Waals surface area contributed by atoms with Crippen LogP contribution in [0.2, 0.25) is 0 Å². The summed E-state index contributed by atoms with van der Waals surface area (Å²) < 4.78 is 32.8. The Balaban J connectivity index is 1.82. The molecule has 2 rings (SSSR count). The van der Waals surface area contributed by atoms with Crippen molar-refractivity contribution in [3.63, 3.8) is 0 Å². The van der Waals surface area contributed by atoms with Crippen LogP contribution in [0.5, 0.6) is 5.75 Å². The molecule has 0 unspecified atom stereocenters. The summed E-state index contributed by atoms with van der Waals surface area (Å²) in [5.74, 6) is -0.881. The van der Waals surface area contributed by atoms with E-state index in [1.807, 2.05) is 0 Å². The van der Waals surface area contributed by atoms with Gasteiger partial charge in [0.2, 0.25) is 5.67 Å². The lowest BCUT2D eigenvalue weighted by atomic mass is 10.0. The molecule has 0 aromatic heterocycles. The van der Waals surface area contributed by atoms with Gasteiger partial charge in [-0.25, -0.2) is 8.78 Å². The van der Waals surface area contributed by atoms with E-state index < -0.39 is 17.4 Å². The first-order chi connectivity index (χ1) is 9.53. The smallest absolute Gasteiger partial charge is 0.261 e. The Kier molecular flexibility index (Phi) is 4.54. The summed E-state index contributed by atoms with van der Waals surface area (Å²) in [5, 5.41) is 2.83. The van der Waals surface area contributed by atoms with Crippen molar-refractivity contribution in [2.75, 3.05) is 33.3 Å². The summed E-state index contributed by atoms with van der Waals surface area (Å²) in [6.07, 6.45) is 0.185. The number of ether oxygens (including phenoxy) is 1. The number of carbonyl (C=O) groups excluding carboxylic acids is 1. The van der Waals surface area contributed by atoms with Crippen molar-refractivity contribution in [3.8, 4) is 5.75 Å². The number of benzene rings is 1. The number of hydrogen-bond donors (Lipinski definition) is 1. The molecule has 1 atom stereocenters. The molecule has 6 heteroatoms. The number of carbonyl (C=O) groups is 1. The van der Waals surface area contributed by atoms with E-state index in [-0.39, 0.29) is 31.9 Å². The van der Waals surface area contributed by atoms with Gasteiger partial charge in [-0.1, -0.05) is 12.1 Å². The van der Waals surface area contributed by atoms with Crippen LogP contribution in [0.3, 0.4) is 0 Å². The fourth-order valence-corrected chi connectivity index (χ4v) is 2.14. The van der Waals surface area contributed by atoms with E-state index in [9.17, 15) is 13.6 Å². The van der Waals surface area contributed by atoms with Crippen LogP contribution >= 0.6 is 0 Å². The molecule has 1 heterocycles. The maximum absolute atomic E-state index is 14.2. The van der Waals surface area contributed by atoms with Crippen molar-refractivity contribution < 1.29 is 18.3 Å². The van der Waals surface area contributed by atoms with E-state index >= 15 is 0 Å². The number of para-hydroxylation sites is 1. The Morgan fingerprint density at radius 1 is 1.50 bits per heavy atom. The number of amides is 1. The van der Waals surface area contributed by atoms with E-state index in [1.54, 1.807) is 12.1 Å². The lowest BCUT2D eigenvalue weighted by molar-refractivity contribution is -0.141. The van der Waals surface area contributed by atoms with Gasteiger partial charge in [0.1, 0.15) is 6.61 Å². The number of nitrogens with one attached hydrogen (secondary N) is 1. The average molecular weight is 284 g/mol. The van der Waals surface area contributed by atoms with Crippen LogP contribution in [0.4, 0.5) is 8.78 Å². The van der Waals surface area contributed by atoms with E-state index in [0.29, 0.717) is 6.54 Å². The molecular formula is C14H18F2N2O2. The van der Waals surface area contributed by atoms with Crippen molar-refractivity contribution >= 4 is 5.91 Å². The maximum atomic E-state index is 14.2. The molecule has 0 saturated carbocycles. The minimum absolute atomic E-state index is 0.0460. The highest BCUT2D eigenvalue weighted by molar-refractivity contribution is 5.85. The van der Waals surface area contributed by atoms with Gasteiger partial charge in [0.25, 0.3) is 5.91 Å². The lowest BCUT2D eigenvalue weighted by Crippen LogP contribution is -2.47. The number of halogens is 2. The molecule has 0 bridgehead atoms. The van der Waals surface area contributed by atoms with Crippen LogP contribution in [0.15, 0.2) is 24.3 Å². The Hall–Kier alpha value is -1.69. The molecule has 1 aliphatic heterocycles. The number of nitrogens with zero attached hydrogens (tertiary/aromatic N) is 1. The molecule has 1 saturated heterocycles. The van der Waals surface area contributed by atoms with Gasteiger partial charge < -0.3 is 15.0 Å². The van der Waals surface area contributed by atoms with Crippen LogP contribution in [0.1, 0.15) is 6.42 Å². The predicted octanol–water partition coefficient (Wildman–Crippen LogP) is 1.36. The summed E-state index contributed by atoms with van der Waals surface area (Å²) >= 11 is 0. The minimum atomic E-state index is -1.83. The second kappa shape index (κ2) is 6.17. The summed E-state index contributed by atoms with van der Waals surface area (Å²) in [5.41, 5.74) is -1.83. The van der Waals surface area contributed by atoms with Crippen molar-refractivity contribution in [1.82, 2.24) is 10.2 Å². The molecule has 0 spiro atoms. The van der Waals surface area contributed by atoms with Gasteiger partial charge >= 0.3 is 0 Å². The largest absolute Gasteiger partial charge is 0.489 e. The minimum Gasteiger partial charge on any atom is -0.489 e. The second-order valence-corrected chi connectivity index (χ2v) is 4.90. The Bertz CT molecular complexity index is 476. The highest BCUT2D eigenvalue weighted by Gasteiger charge is 2.43. The van der Waals surface area contributed by atoms with Crippen LogP contribution in [-0.2, 0) is 4.79 Å². The topological polar surface area (TPSA) is 41.6 Å². The molecule has 1 aromatic rings. The van der Waals surface area contributed by atoms with Crippen LogP contribution in [-0.4, -0.2) is 49.8 Å². The summed E-state index contributed by atoms with van der Waals surface area (Å²) in [6, 6.07) is 6.03. The van der Waals surface area contributed by atoms with Crippen molar-refractivity contribution in [2.45, 2.75) is 12.1 Å². The molecule has 4 nitrogen and oxygen atoms in total. The summed E-state index contributed by atoms with van der Waals surface area (Å²) in [4.78, 5) is 13.2. The molecule has 1 fully saturated rings. The van der Waals surface area contributed by atoms with Crippen LogP contribution in [0.25, 0.3) is 0 Å². The van der Waals surface area contributed by atoms with Gasteiger partial charge in [0.15, 0.2) is 11.6 Å². The number of likely N-dealkylation sites (N-methyl/N-ethyl adjacent to an activating group) is 1. The summed E-state index contributed by atoms with van der Waals surface area (Å²) in [7, 11) is 1.52. The first-order valence-electron chi connectivity index (χ1n) is 6.55. The second-order valence-electron chi connectivity index (χ2n) is 4.90. The van der Waals surface area contributed by atoms with E-state index in [2.05, 4.69) is 5.32 Å². The van der Waals surface area contributed by atoms with Crippen LogP contribution < -0.4 is 10.1 Å². The lowest BCUT2D eigenvalue weighted by Gasteiger charge is -2.25. The van der Waals surface area contributed by atoms with Crippen molar-refractivity contribution in [3.05, 3.63) is 30.1 Å². The van der Waals surface area contributed by atoms with Gasteiger partial charge in [0.05, 0.1) is 6.54 Å². The Morgan fingerprint density at radius 3 is 2.90 bits per heavy atom. The zero-order valence-corrected chi connectivity index (χ0v) is 11.4. The van der Waals surface area contributed by atoms with E-state index in [1.165, 1.54) is 24.1 Å². The molecule has 20 heavy (non-hydrogen) atoms. The number of hydrogen-bond acceptors (Lipinski definition) is 3. The zero-order valence-electron chi connectivity index (χ0n) is 11.4. The normalized spacial score (nSPS) is 21.8. The van der Waals surface area contributed by atoms with Gasteiger partial charge in [-0.2, -0.15) is 0 Å². The molecule has 0 radical (unpaired) electrons. The van der Waals surface area contributed by atoms with Gasteiger partial charge in [-0.3, -0.25) is 4.79 Å². The Labute approximate surface area is 116 Å². The van der Waals surface area contributed by atoms with Gasteiger partial charge in [-0.05, 0) is 18.7 Å². The van der Waals surface area contributed by atoms with Crippen LogP contribution in [0, 0.1) is 5.82 Å². The SMILES string of the molecule is CN(CCOc1ccccc1F)C(=O)[C@@]1(F)CCNC1. The molecular weight excluding hydrogens is 266 g/mol. The third-order valence-corrected chi connectivity index (χ3v) is 3.35. The monoisotopic (exact) mass is 284 g/mol. The predicted molar refractivity (Wildman–Crippen MR) is 70.9 cm³/mol. The zero-order chi connectivity index (χ0) is 14.6. The average Bonchev–Trinajstić information content (AvgIpc) is 2.88. The van der Waals surface area contributed by atoms with E-state index in [4.69, 9.17) is 4.74 Å². The highest BCUT2D eigenvalue weighted by atomic mass is 19.1. The quantitative estimate of drug-likeness (QED) is 0.888. The molecule has 110 valence electrons.